The van der Waals surface area contributed by atoms with Gasteiger partial charge in [-0.3, -0.25) is 0 Å². The maximum absolute atomic E-state index is 12.4. The Balaban J connectivity index is 2.57. The van der Waals surface area contributed by atoms with Gasteiger partial charge in [0.15, 0.2) is 0 Å². The number of rotatable bonds is 5. The number of aliphatic carboxylic acids is 1. The van der Waals surface area contributed by atoms with E-state index in [9.17, 15) is 14.7 Å². The van der Waals surface area contributed by atoms with Crippen molar-refractivity contribution in [3.8, 4) is 0 Å². The van der Waals surface area contributed by atoms with Crippen molar-refractivity contribution < 1.29 is 14.7 Å². The second kappa shape index (κ2) is 7.47. The van der Waals surface area contributed by atoms with Crippen LogP contribution < -0.4 is 0 Å². The van der Waals surface area contributed by atoms with Gasteiger partial charge in [-0.2, -0.15) is 0 Å². The van der Waals surface area contributed by atoms with E-state index in [0.29, 0.717) is 25.4 Å². The molecule has 6 heteroatoms. The largest absolute Gasteiger partial charge is 0.480 e. The monoisotopic (exact) mass is 285 g/mol. The molecule has 0 aromatic heterocycles. The zero-order chi connectivity index (χ0) is 15.3. The van der Waals surface area contributed by atoms with Crippen molar-refractivity contribution in [2.24, 2.45) is 5.92 Å². The summed E-state index contributed by atoms with van der Waals surface area (Å²) < 4.78 is 0. The number of likely N-dealkylation sites (tertiary alicyclic amines) is 1. The summed E-state index contributed by atoms with van der Waals surface area (Å²) in [6.07, 6.45) is 2.31. The van der Waals surface area contributed by atoms with Gasteiger partial charge >= 0.3 is 12.0 Å². The number of carbonyl (C=O) groups is 2. The second-order valence-corrected chi connectivity index (χ2v) is 6.04. The fourth-order valence-electron chi connectivity index (χ4n) is 2.54. The number of hydrogen-bond donors (Lipinski definition) is 1. The first-order valence-electron chi connectivity index (χ1n) is 7.22. The van der Waals surface area contributed by atoms with E-state index in [1.54, 1.807) is 11.9 Å². The second-order valence-electron chi connectivity index (χ2n) is 6.04. The number of nitrogens with zero attached hydrogens (tertiary/aromatic N) is 3. The minimum Gasteiger partial charge on any atom is -0.480 e. The highest BCUT2D eigenvalue weighted by atomic mass is 16.4. The molecule has 1 heterocycles. The van der Waals surface area contributed by atoms with Crippen molar-refractivity contribution in [1.82, 2.24) is 14.7 Å². The van der Waals surface area contributed by atoms with Crippen molar-refractivity contribution in [3.05, 3.63) is 0 Å². The SMILES string of the molecule is CC1CCN(C(=O)N(C)CCCN(C)C)C(C(=O)O)C1. The standard InChI is InChI=1S/C14H27N3O3/c1-11-6-9-17(12(10-11)13(18)19)14(20)16(4)8-5-7-15(2)3/h11-12H,5-10H2,1-4H3,(H,18,19). The van der Waals surface area contributed by atoms with Crippen LogP contribution in [0, 0.1) is 5.92 Å². The first-order chi connectivity index (χ1) is 9.32. The minimum absolute atomic E-state index is 0.164. The maximum Gasteiger partial charge on any atom is 0.326 e. The van der Waals surface area contributed by atoms with Crippen LogP contribution in [0.2, 0.25) is 0 Å². The fraction of sp³-hybridized carbons (Fsp3) is 0.857. The molecule has 0 saturated carbocycles. The van der Waals surface area contributed by atoms with Gasteiger partial charge < -0.3 is 19.8 Å². The van der Waals surface area contributed by atoms with Crippen molar-refractivity contribution >= 4 is 12.0 Å². The van der Waals surface area contributed by atoms with Crippen LogP contribution in [-0.2, 0) is 4.79 Å². The zero-order valence-corrected chi connectivity index (χ0v) is 13.0. The first-order valence-corrected chi connectivity index (χ1v) is 7.22. The molecule has 0 aliphatic carbocycles. The molecular weight excluding hydrogens is 258 g/mol. The van der Waals surface area contributed by atoms with Crippen LogP contribution in [0.15, 0.2) is 0 Å². The minimum atomic E-state index is -0.897. The number of piperidine rings is 1. The Morgan fingerprint density at radius 3 is 2.45 bits per heavy atom. The van der Waals surface area contributed by atoms with E-state index in [2.05, 4.69) is 4.90 Å². The molecule has 2 amide bonds. The van der Waals surface area contributed by atoms with E-state index < -0.39 is 12.0 Å². The lowest BCUT2D eigenvalue weighted by Crippen LogP contribution is -2.53. The molecule has 1 rings (SSSR count). The zero-order valence-electron chi connectivity index (χ0n) is 13.0. The quantitative estimate of drug-likeness (QED) is 0.823. The topological polar surface area (TPSA) is 64.1 Å². The van der Waals surface area contributed by atoms with Crippen LogP contribution in [0.5, 0.6) is 0 Å². The third-order valence-electron chi connectivity index (χ3n) is 3.82. The maximum atomic E-state index is 12.4. The highest BCUT2D eigenvalue weighted by molar-refractivity contribution is 5.82. The molecule has 1 fully saturated rings. The Kier molecular flexibility index (Phi) is 6.26. The predicted octanol–water partition coefficient (Wildman–Crippen LogP) is 1.17. The molecule has 0 radical (unpaired) electrons. The average Bonchev–Trinajstić information content (AvgIpc) is 2.37. The number of hydrogen-bond acceptors (Lipinski definition) is 3. The van der Waals surface area contributed by atoms with Crippen LogP contribution in [0.4, 0.5) is 4.79 Å². The summed E-state index contributed by atoms with van der Waals surface area (Å²) in [6.45, 7) is 4.14. The van der Waals surface area contributed by atoms with Crippen molar-refractivity contribution in [1.29, 1.82) is 0 Å². The van der Waals surface area contributed by atoms with Crippen LogP contribution in [0.3, 0.4) is 0 Å². The molecule has 1 saturated heterocycles. The number of carboxylic acid groups (broad SMARTS) is 1. The Bertz CT molecular complexity index is 347. The third kappa shape index (κ3) is 4.67. The Morgan fingerprint density at radius 2 is 1.90 bits per heavy atom. The highest BCUT2D eigenvalue weighted by Gasteiger charge is 2.35. The Labute approximate surface area is 121 Å². The predicted molar refractivity (Wildman–Crippen MR) is 77.7 cm³/mol. The van der Waals surface area contributed by atoms with E-state index in [4.69, 9.17) is 0 Å². The number of carboxylic acids is 1. The summed E-state index contributed by atoms with van der Waals surface area (Å²) in [4.78, 5) is 28.9. The molecule has 0 aromatic rings. The summed E-state index contributed by atoms with van der Waals surface area (Å²) in [5.41, 5.74) is 0. The highest BCUT2D eigenvalue weighted by Crippen LogP contribution is 2.23. The van der Waals surface area contributed by atoms with Crippen molar-refractivity contribution in [3.63, 3.8) is 0 Å². The van der Waals surface area contributed by atoms with Gasteiger partial charge in [0.05, 0.1) is 0 Å². The molecule has 1 aliphatic heterocycles. The third-order valence-corrected chi connectivity index (χ3v) is 3.82. The van der Waals surface area contributed by atoms with Gasteiger partial charge in [0.2, 0.25) is 0 Å². The van der Waals surface area contributed by atoms with Gasteiger partial charge in [0.1, 0.15) is 6.04 Å². The molecule has 0 aromatic carbocycles. The average molecular weight is 285 g/mol. The van der Waals surface area contributed by atoms with E-state index in [0.717, 1.165) is 19.4 Å². The molecule has 2 atom stereocenters. The summed E-state index contributed by atoms with van der Waals surface area (Å²) >= 11 is 0. The normalized spacial score (nSPS) is 22.9. The van der Waals surface area contributed by atoms with Crippen molar-refractivity contribution in [2.45, 2.75) is 32.2 Å². The van der Waals surface area contributed by atoms with Crippen LogP contribution in [0.1, 0.15) is 26.2 Å². The van der Waals surface area contributed by atoms with Gasteiger partial charge in [0.25, 0.3) is 0 Å². The van der Waals surface area contributed by atoms with E-state index in [1.807, 2.05) is 21.0 Å². The summed E-state index contributed by atoms with van der Waals surface area (Å²) in [6, 6.07) is -0.842. The fourth-order valence-corrected chi connectivity index (χ4v) is 2.54. The van der Waals surface area contributed by atoms with Gasteiger partial charge in [-0.15, -0.1) is 0 Å². The number of carbonyl (C=O) groups excluding carboxylic acids is 1. The van der Waals surface area contributed by atoms with E-state index in [1.165, 1.54) is 4.90 Å². The summed E-state index contributed by atoms with van der Waals surface area (Å²) in [5.74, 6) is -0.536. The van der Waals surface area contributed by atoms with Crippen LogP contribution >= 0.6 is 0 Å². The lowest BCUT2D eigenvalue weighted by Gasteiger charge is -2.38. The van der Waals surface area contributed by atoms with Crippen molar-refractivity contribution in [2.75, 3.05) is 40.8 Å². The first kappa shape index (κ1) is 16.8. The van der Waals surface area contributed by atoms with Gasteiger partial charge in [0, 0.05) is 20.1 Å². The molecular formula is C14H27N3O3. The molecule has 2 unspecified atom stereocenters. The van der Waals surface area contributed by atoms with Crippen LogP contribution in [0.25, 0.3) is 0 Å². The number of amides is 2. The molecule has 1 N–H and O–H groups in total. The summed E-state index contributed by atoms with van der Waals surface area (Å²) in [7, 11) is 5.73. The molecule has 6 nitrogen and oxygen atoms in total. The molecule has 0 spiro atoms. The van der Waals surface area contributed by atoms with Crippen LogP contribution in [-0.4, -0.2) is 78.6 Å². The molecule has 20 heavy (non-hydrogen) atoms. The number of urea groups is 1. The van der Waals surface area contributed by atoms with Gasteiger partial charge in [-0.1, -0.05) is 6.92 Å². The molecule has 116 valence electrons. The lowest BCUT2D eigenvalue weighted by molar-refractivity contribution is -0.144. The summed E-state index contributed by atoms with van der Waals surface area (Å²) in [5, 5.41) is 9.29. The van der Waals surface area contributed by atoms with Gasteiger partial charge in [-0.05, 0) is 45.8 Å². The Hall–Kier alpha value is -1.30. The van der Waals surface area contributed by atoms with E-state index in [-0.39, 0.29) is 6.03 Å². The Morgan fingerprint density at radius 1 is 1.25 bits per heavy atom. The van der Waals surface area contributed by atoms with Gasteiger partial charge in [-0.25, -0.2) is 9.59 Å². The van der Waals surface area contributed by atoms with E-state index >= 15 is 0 Å². The molecule has 0 bridgehead atoms. The molecule has 1 aliphatic rings. The lowest BCUT2D eigenvalue weighted by atomic mass is 9.93. The smallest absolute Gasteiger partial charge is 0.326 e.